The number of aryl methyl sites for hydroxylation is 1. The van der Waals surface area contributed by atoms with Gasteiger partial charge in [-0.25, -0.2) is 4.98 Å². The highest BCUT2D eigenvalue weighted by molar-refractivity contribution is 5.13. The van der Waals surface area contributed by atoms with Crippen LogP contribution in [0.2, 0.25) is 0 Å². The smallest absolute Gasteiger partial charge is 0.251 e. The van der Waals surface area contributed by atoms with Crippen LogP contribution in [0.1, 0.15) is 41.7 Å². The second-order valence-electron chi connectivity index (χ2n) is 6.86. The molecule has 1 saturated heterocycles. The van der Waals surface area contributed by atoms with Gasteiger partial charge in [-0.15, -0.1) is 0 Å². The average molecular weight is 328 g/mol. The molecule has 1 fully saturated rings. The molecule has 2 aromatic rings. The zero-order valence-corrected chi connectivity index (χ0v) is 14.1. The molecule has 0 aromatic carbocycles. The minimum atomic E-state index is -0.0519. The quantitative estimate of drug-likeness (QED) is 0.870. The Morgan fingerprint density at radius 3 is 3.08 bits per heavy atom. The number of hydrogen-bond donors (Lipinski definition) is 2. The number of nitrogens with one attached hydrogen (secondary N) is 2. The molecule has 0 amide bonds. The first-order valence-electron chi connectivity index (χ1n) is 8.74. The first-order valence-corrected chi connectivity index (χ1v) is 8.74. The van der Waals surface area contributed by atoms with E-state index in [-0.39, 0.29) is 5.56 Å². The topological polar surface area (TPSA) is 78.8 Å². The second-order valence-corrected chi connectivity index (χ2v) is 6.86. The normalized spacial score (nSPS) is 21.6. The number of nitrogens with zero attached hydrogens (tertiary/aromatic N) is 4. The van der Waals surface area contributed by atoms with Crippen molar-refractivity contribution in [2.75, 3.05) is 19.6 Å². The van der Waals surface area contributed by atoms with E-state index in [2.05, 4.69) is 30.9 Å². The van der Waals surface area contributed by atoms with Gasteiger partial charge in [-0.1, -0.05) is 0 Å². The van der Waals surface area contributed by atoms with E-state index in [0.717, 1.165) is 63.5 Å². The van der Waals surface area contributed by atoms with Crippen molar-refractivity contribution >= 4 is 0 Å². The monoisotopic (exact) mass is 328 g/mol. The average Bonchev–Trinajstić information content (AvgIpc) is 2.96. The number of aromatic amines is 1. The lowest BCUT2D eigenvalue weighted by Crippen LogP contribution is -2.35. The zero-order chi connectivity index (χ0) is 16.5. The summed E-state index contributed by atoms with van der Waals surface area (Å²) in [5.41, 5.74) is 3.29. The Balaban J connectivity index is 1.46. The molecule has 0 unspecified atom stereocenters. The molecule has 2 N–H and O–H groups in total. The van der Waals surface area contributed by atoms with Crippen molar-refractivity contribution in [3.05, 3.63) is 45.4 Å². The molecule has 0 saturated carbocycles. The summed E-state index contributed by atoms with van der Waals surface area (Å²) >= 11 is 0. The van der Waals surface area contributed by atoms with Crippen LogP contribution >= 0.6 is 0 Å². The van der Waals surface area contributed by atoms with Gasteiger partial charge in [0, 0.05) is 38.2 Å². The third-order valence-corrected chi connectivity index (χ3v) is 4.91. The molecule has 24 heavy (non-hydrogen) atoms. The van der Waals surface area contributed by atoms with Gasteiger partial charge in [0.15, 0.2) is 0 Å². The Morgan fingerprint density at radius 2 is 2.25 bits per heavy atom. The van der Waals surface area contributed by atoms with Crippen LogP contribution in [0, 0.1) is 6.92 Å². The summed E-state index contributed by atoms with van der Waals surface area (Å²) in [6.45, 7) is 7.59. The summed E-state index contributed by atoms with van der Waals surface area (Å²) in [5, 5.41) is 8.12. The van der Waals surface area contributed by atoms with Crippen LogP contribution in [-0.2, 0) is 19.6 Å². The van der Waals surface area contributed by atoms with Gasteiger partial charge in [-0.3, -0.25) is 14.4 Å². The Morgan fingerprint density at radius 1 is 1.33 bits per heavy atom. The SMILES string of the molecule is Cc1nc([C@H]2CCCN(Cc3cc4n(n3)CCNC4)C2)cc(=O)[nH]1. The van der Waals surface area contributed by atoms with Crippen molar-refractivity contribution in [3.63, 3.8) is 0 Å². The third kappa shape index (κ3) is 3.27. The maximum absolute atomic E-state index is 11.7. The van der Waals surface area contributed by atoms with E-state index < -0.39 is 0 Å². The van der Waals surface area contributed by atoms with E-state index in [0.29, 0.717) is 11.7 Å². The molecule has 2 aliphatic rings. The van der Waals surface area contributed by atoms with Crippen LogP contribution < -0.4 is 10.9 Å². The standard InChI is InChI=1S/C17H24N6O/c1-12-19-16(8-17(24)20-12)13-3-2-5-22(10-13)11-14-7-15-9-18-4-6-23(15)21-14/h7-8,13,18H,2-6,9-11H2,1H3,(H,19,20,24)/t13-/m0/s1. The van der Waals surface area contributed by atoms with Crippen LogP contribution in [0.15, 0.2) is 16.9 Å². The van der Waals surface area contributed by atoms with E-state index in [9.17, 15) is 4.79 Å². The lowest BCUT2D eigenvalue weighted by atomic mass is 9.94. The molecule has 1 atom stereocenters. The first kappa shape index (κ1) is 15.5. The number of fused-ring (bicyclic) bond motifs is 1. The van der Waals surface area contributed by atoms with Crippen LogP contribution in [-0.4, -0.2) is 44.3 Å². The molecule has 2 aromatic heterocycles. The van der Waals surface area contributed by atoms with E-state index in [1.165, 1.54) is 5.69 Å². The van der Waals surface area contributed by atoms with Gasteiger partial charge >= 0.3 is 0 Å². The molecular formula is C17H24N6O. The number of piperidine rings is 1. The predicted molar refractivity (Wildman–Crippen MR) is 90.8 cm³/mol. The highest BCUT2D eigenvalue weighted by atomic mass is 16.1. The fourth-order valence-corrected chi connectivity index (χ4v) is 3.81. The minimum Gasteiger partial charge on any atom is -0.311 e. The van der Waals surface area contributed by atoms with Crippen molar-refractivity contribution in [1.82, 2.24) is 30.0 Å². The lowest BCUT2D eigenvalue weighted by Gasteiger charge is -2.31. The number of likely N-dealkylation sites (tertiary alicyclic amines) is 1. The van der Waals surface area contributed by atoms with Crippen molar-refractivity contribution in [2.45, 2.75) is 45.3 Å². The molecule has 128 valence electrons. The molecule has 4 rings (SSSR count). The fraction of sp³-hybridized carbons (Fsp3) is 0.588. The van der Waals surface area contributed by atoms with Crippen molar-refractivity contribution in [2.24, 2.45) is 0 Å². The van der Waals surface area contributed by atoms with Crippen LogP contribution in [0.25, 0.3) is 0 Å². The Hall–Kier alpha value is -1.99. The van der Waals surface area contributed by atoms with Gasteiger partial charge in [-0.2, -0.15) is 5.10 Å². The lowest BCUT2D eigenvalue weighted by molar-refractivity contribution is 0.195. The van der Waals surface area contributed by atoms with Gasteiger partial charge in [0.05, 0.1) is 23.6 Å². The summed E-state index contributed by atoms with van der Waals surface area (Å²) in [6, 6.07) is 3.87. The van der Waals surface area contributed by atoms with Crippen LogP contribution in [0.3, 0.4) is 0 Å². The number of H-pyrrole nitrogens is 1. The molecule has 2 aliphatic heterocycles. The van der Waals surface area contributed by atoms with Crippen molar-refractivity contribution in [3.8, 4) is 0 Å². The molecule has 7 heteroatoms. The third-order valence-electron chi connectivity index (χ3n) is 4.91. The summed E-state index contributed by atoms with van der Waals surface area (Å²) < 4.78 is 2.12. The number of hydrogen-bond acceptors (Lipinski definition) is 5. The Kier molecular flexibility index (Phi) is 4.20. The second kappa shape index (κ2) is 6.49. The van der Waals surface area contributed by atoms with Crippen LogP contribution in [0.5, 0.6) is 0 Å². The van der Waals surface area contributed by atoms with Gasteiger partial charge in [-0.05, 0) is 32.4 Å². The minimum absolute atomic E-state index is 0.0519. The van der Waals surface area contributed by atoms with Crippen molar-refractivity contribution < 1.29 is 0 Å². The summed E-state index contributed by atoms with van der Waals surface area (Å²) in [7, 11) is 0. The molecule has 0 spiro atoms. The highest BCUT2D eigenvalue weighted by Gasteiger charge is 2.24. The van der Waals surface area contributed by atoms with Gasteiger partial charge < -0.3 is 10.3 Å². The van der Waals surface area contributed by atoms with Crippen LogP contribution in [0.4, 0.5) is 0 Å². The molecular weight excluding hydrogens is 304 g/mol. The number of rotatable bonds is 3. The maximum Gasteiger partial charge on any atom is 0.251 e. The maximum atomic E-state index is 11.7. The summed E-state index contributed by atoms with van der Waals surface area (Å²) in [4.78, 5) is 21.4. The Bertz CT molecular complexity index is 756. The summed E-state index contributed by atoms with van der Waals surface area (Å²) in [6.07, 6.45) is 2.23. The first-order chi connectivity index (χ1) is 11.7. The molecule has 4 heterocycles. The van der Waals surface area contributed by atoms with Gasteiger partial charge in [0.25, 0.3) is 5.56 Å². The van der Waals surface area contributed by atoms with E-state index >= 15 is 0 Å². The van der Waals surface area contributed by atoms with Crippen molar-refractivity contribution in [1.29, 1.82) is 0 Å². The van der Waals surface area contributed by atoms with Gasteiger partial charge in [0.2, 0.25) is 0 Å². The zero-order valence-electron chi connectivity index (χ0n) is 14.1. The molecule has 0 bridgehead atoms. The number of aromatic nitrogens is 4. The molecule has 7 nitrogen and oxygen atoms in total. The fourth-order valence-electron chi connectivity index (χ4n) is 3.81. The predicted octanol–water partition coefficient (Wildman–Crippen LogP) is 0.758. The molecule has 0 radical (unpaired) electrons. The van der Waals surface area contributed by atoms with Gasteiger partial charge in [0.1, 0.15) is 5.82 Å². The molecule has 0 aliphatic carbocycles. The van der Waals surface area contributed by atoms with E-state index in [1.807, 2.05) is 6.92 Å². The van der Waals surface area contributed by atoms with E-state index in [1.54, 1.807) is 6.07 Å². The highest BCUT2D eigenvalue weighted by Crippen LogP contribution is 2.26. The largest absolute Gasteiger partial charge is 0.311 e. The summed E-state index contributed by atoms with van der Waals surface area (Å²) in [5.74, 6) is 1.03. The van der Waals surface area contributed by atoms with E-state index in [4.69, 9.17) is 5.10 Å². The Labute approximate surface area is 141 Å².